The molecule has 0 bridgehead atoms. The van der Waals surface area contributed by atoms with Crippen LogP contribution in [0.4, 0.5) is 5.69 Å². The number of hydrogen-bond donors (Lipinski definition) is 0. The summed E-state index contributed by atoms with van der Waals surface area (Å²) in [7, 11) is 1.69. The number of rotatable bonds is 5. The van der Waals surface area contributed by atoms with E-state index in [1.807, 2.05) is 41.5 Å². The van der Waals surface area contributed by atoms with Crippen LogP contribution in [0.25, 0.3) is 11.3 Å². The number of ether oxygens (including phenoxy) is 1. The molecule has 4 heteroatoms. The number of hydrogen-bond acceptors (Lipinski definition) is 3. The van der Waals surface area contributed by atoms with E-state index in [1.165, 1.54) is 11.1 Å². The van der Waals surface area contributed by atoms with Gasteiger partial charge in [-0.2, -0.15) is 0 Å². The number of nitrogens with zero attached hydrogens (tertiary/aromatic N) is 2. The van der Waals surface area contributed by atoms with E-state index in [2.05, 4.69) is 71.4 Å². The zero-order valence-corrected chi connectivity index (χ0v) is 16.9. The molecule has 3 aromatic carbocycles. The van der Waals surface area contributed by atoms with Crippen LogP contribution in [0.5, 0.6) is 5.75 Å². The Labute approximate surface area is 176 Å². The van der Waals surface area contributed by atoms with Gasteiger partial charge in [-0.05, 0) is 47.5 Å². The lowest BCUT2D eigenvalue weighted by atomic mass is 10.0. The van der Waals surface area contributed by atoms with Crippen molar-refractivity contribution in [1.29, 1.82) is 0 Å². The van der Waals surface area contributed by atoms with Crippen molar-refractivity contribution in [3.05, 3.63) is 109 Å². The monoisotopic (exact) mass is 396 g/mol. The van der Waals surface area contributed by atoms with Gasteiger partial charge in [-0.1, -0.05) is 60.7 Å². The van der Waals surface area contributed by atoms with E-state index in [0.717, 1.165) is 23.6 Å². The molecule has 4 aromatic rings. The van der Waals surface area contributed by atoms with Crippen LogP contribution in [0.1, 0.15) is 24.3 Å². The van der Waals surface area contributed by atoms with E-state index < -0.39 is 0 Å². The molecule has 0 aliphatic carbocycles. The van der Waals surface area contributed by atoms with Gasteiger partial charge in [-0.3, -0.25) is 0 Å². The molecule has 0 N–H and O–H groups in total. The molecule has 1 fully saturated rings. The van der Waals surface area contributed by atoms with Gasteiger partial charge >= 0.3 is 0 Å². The van der Waals surface area contributed by atoms with Crippen molar-refractivity contribution < 1.29 is 9.57 Å². The Morgan fingerprint density at radius 3 is 2.20 bits per heavy atom. The highest BCUT2D eigenvalue weighted by molar-refractivity contribution is 5.60. The maximum Gasteiger partial charge on any atom is 0.163 e. The fourth-order valence-corrected chi connectivity index (χ4v) is 4.11. The molecule has 1 aliphatic rings. The number of benzene rings is 3. The van der Waals surface area contributed by atoms with E-state index in [4.69, 9.17) is 9.57 Å². The quantitative estimate of drug-likeness (QED) is 0.399. The first kappa shape index (κ1) is 18.5. The SMILES string of the molecule is COc1ccc([C@@H]2C[C@H](n3cccc3-c3ccccc3)ON2c2ccccc2)cc1. The molecule has 0 saturated carbocycles. The highest BCUT2D eigenvalue weighted by Gasteiger charge is 2.36. The van der Waals surface area contributed by atoms with Crippen molar-refractivity contribution in [1.82, 2.24) is 4.57 Å². The topological polar surface area (TPSA) is 26.6 Å². The predicted molar refractivity (Wildman–Crippen MR) is 119 cm³/mol. The molecule has 1 aliphatic heterocycles. The van der Waals surface area contributed by atoms with Crippen LogP contribution < -0.4 is 9.80 Å². The molecule has 150 valence electrons. The van der Waals surface area contributed by atoms with Gasteiger partial charge in [-0.25, -0.2) is 9.90 Å². The Hall–Kier alpha value is -3.50. The molecule has 0 spiro atoms. The summed E-state index contributed by atoms with van der Waals surface area (Å²) in [6.07, 6.45) is 2.85. The van der Waals surface area contributed by atoms with Gasteiger partial charge in [0.1, 0.15) is 5.75 Å². The molecule has 1 saturated heterocycles. The van der Waals surface area contributed by atoms with Gasteiger partial charge < -0.3 is 9.30 Å². The van der Waals surface area contributed by atoms with Crippen molar-refractivity contribution in [2.24, 2.45) is 0 Å². The summed E-state index contributed by atoms with van der Waals surface area (Å²) in [5, 5.41) is 2.04. The van der Waals surface area contributed by atoms with Crippen LogP contribution in [-0.2, 0) is 4.84 Å². The first-order valence-electron chi connectivity index (χ1n) is 10.2. The zero-order chi connectivity index (χ0) is 20.3. The second-order valence-corrected chi connectivity index (χ2v) is 7.41. The van der Waals surface area contributed by atoms with Gasteiger partial charge in [0.15, 0.2) is 6.23 Å². The van der Waals surface area contributed by atoms with Crippen molar-refractivity contribution in [2.45, 2.75) is 18.7 Å². The van der Waals surface area contributed by atoms with Gasteiger partial charge in [0, 0.05) is 12.6 Å². The van der Waals surface area contributed by atoms with Crippen LogP contribution in [-0.4, -0.2) is 11.7 Å². The van der Waals surface area contributed by atoms with Gasteiger partial charge in [0.2, 0.25) is 0 Å². The third-order valence-electron chi connectivity index (χ3n) is 5.61. The van der Waals surface area contributed by atoms with Crippen molar-refractivity contribution in [2.75, 3.05) is 12.2 Å². The summed E-state index contributed by atoms with van der Waals surface area (Å²) in [4.78, 5) is 6.54. The zero-order valence-electron chi connectivity index (χ0n) is 16.9. The number of hydroxylamine groups is 1. The molecule has 2 atom stereocenters. The Kier molecular flexibility index (Phi) is 4.99. The average Bonchev–Trinajstić information content (AvgIpc) is 3.48. The molecule has 0 amide bonds. The second-order valence-electron chi connectivity index (χ2n) is 7.41. The summed E-state index contributed by atoms with van der Waals surface area (Å²) in [5.74, 6) is 0.859. The van der Waals surface area contributed by atoms with Gasteiger partial charge in [0.25, 0.3) is 0 Å². The highest BCUT2D eigenvalue weighted by Crippen LogP contribution is 2.43. The lowest BCUT2D eigenvalue weighted by molar-refractivity contribution is 0.0361. The normalized spacial score (nSPS) is 18.5. The molecular formula is C26H24N2O2. The third kappa shape index (κ3) is 3.46. The first-order chi connectivity index (χ1) is 14.8. The molecule has 1 aromatic heterocycles. The summed E-state index contributed by atoms with van der Waals surface area (Å²) >= 11 is 0. The molecule has 4 nitrogen and oxygen atoms in total. The maximum absolute atomic E-state index is 6.54. The Morgan fingerprint density at radius 1 is 0.800 bits per heavy atom. The second kappa shape index (κ2) is 8.09. The van der Waals surface area contributed by atoms with Gasteiger partial charge in [0.05, 0.1) is 24.5 Å². The molecule has 5 rings (SSSR count). The van der Waals surface area contributed by atoms with E-state index in [1.54, 1.807) is 7.11 Å². The van der Waals surface area contributed by atoms with Crippen LogP contribution in [0.3, 0.4) is 0 Å². The number of methoxy groups -OCH3 is 1. The minimum atomic E-state index is -0.0949. The van der Waals surface area contributed by atoms with Crippen molar-refractivity contribution >= 4 is 5.69 Å². The van der Waals surface area contributed by atoms with Crippen molar-refractivity contribution in [3.63, 3.8) is 0 Å². The minimum absolute atomic E-state index is 0.0949. The minimum Gasteiger partial charge on any atom is -0.497 e. The standard InChI is InChI=1S/C26H24N2O2/c1-29-23-16-14-21(15-17-23)25-19-26(30-28(25)22-11-6-3-7-12-22)27-18-8-13-24(27)20-9-4-2-5-10-20/h2-18,25-26H,19H2,1H3/t25-,26+/m0/s1. The smallest absolute Gasteiger partial charge is 0.163 e. The number of anilines is 1. The van der Waals surface area contributed by atoms with Crippen molar-refractivity contribution in [3.8, 4) is 17.0 Å². The fraction of sp³-hybridized carbons (Fsp3) is 0.154. The average molecular weight is 396 g/mol. The first-order valence-corrected chi connectivity index (χ1v) is 10.2. The Morgan fingerprint density at radius 2 is 1.50 bits per heavy atom. The highest BCUT2D eigenvalue weighted by atomic mass is 16.7. The lowest BCUT2D eigenvalue weighted by Crippen LogP contribution is -2.21. The summed E-state index contributed by atoms with van der Waals surface area (Å²) in [5.41, 5.74) is 4.60. The molecule has 0 unspecified atom stereocenters. The third-order valence-corrected chi connectivity index (χ3v) is 5.61. The van der Waals surface area contributed by atoms with Crippen LogP contribution >= 0.6 is 0 Å². The van der Waals surface area contributed by atoms with Crippen LogP contribution in [0, 0.1) is 0 Å². The van der Waals surface area contributed by atoms with Crippen LogP contribution in [0.2, 0.25) is 0 Å². The fourth-order valence-electron chi connectivity index (χ4n) is 4.11. The molecule has 0 radical (unpaired) electrons. The molecule has 30 heavy (non-hydrogen) atoms. The molecule has 2 heterocycles. The number of aromatic nitrogens is 1. The Balaban J connectivity index is 1.51. The summed E-state index contributed by atoms with van der Waals surface area (Å²) < 4.78 is 7.57. The largest absolute Gasteiger partial charge is 0.497 e. The summed E-state index contributed by atoms with van der Waals surface area (Å²) in [6.45, 7) is 0. The van der Waals surface area contributed by atoms with E-state index in [-0.39, 0.29) is 12.3 Å². The lowest BCUT2D eigenvalue weighted by Gasteiger charge is -2.25. The Bertz CT molecular complexity index is 1090. The van der Waals surface area contributed by atoms with E-state index in [0.29, 0.717) is 0 Å². The number of para-hydroxylation sites is 1. The summed E-state index contributed by atoms with van der Waals surface area (Å²) in [6, 6.07) is 33.3. The van der Waals surface area contributed by atoms with E-state index in [9.17, 15) is 0 Å². The van der Waals surface area contributed by atoms with Gasteiger partial charge in [-0.15, -0.1) is 0 Å². The predicted octanol–water partition coefficient (Wildman–Crippen LogP) is 6.25. The molecular weight excluding hydrogens is 372 g/mol. The van der Waals surface area contributed by atoms with Crippen LogP contribution in [0.15, 0.2) is 103 Å². The van der Waals surface area contributed by atoms with E-state index >= 15 is 0 Å². The maximum atomic E-state index is 6.54.